The van der Waals surface area contributed by atoms with E-state index >= 15 is 0 Å². The molecule has 0 fully saturated rings. The van der Waals surface area contributed by atoms with Gasteiger partial charge in [-0.3, -0.25) is 9.59 Å². The number of terminal acetylenes is 1. The third kappa shape index (κ3) is 7.22. The number of nitrogens with one attached hydrogen (secondary N) is 1. The number of methoxy groups -OCH3 is 1. The first-order valence-electron chi connectivity index (χ1n) is 3.55. The van der Waals surface area contributed by atoms with E-state index in [0.717, 1.165) is 0 Å². The molecule has 5 heteroatoms. The summed E-state index contributed by atoms with van der Waals surface area (Å²) in [7, 11) is 1.31. The zero-order chi connectivity index (χ0) is 10.1. The normalized spacial score (nSPS) is 8.62. The van der Waals surface area contributed by atoms with Crippen LogP contribution in [0, 0.1) is 12.3 Å². The maximum Gasteiger partial charge on any atom is 0.315 e. The zero-order valence-electron chi connectivity index (χ0n) is 7.33. The zero-order valence-corrected chi connectivity index (χ0v) is 8.15. The van der Waals surface area contributed by atoms with Crippen molar-refractivity contribution in [2.45, 2.75) is 0 Å². The smallest absolute Gasteiger partial charge is 0.315 e. The van der Waals surface area contributed by atoms with E-state index in [1.165, 1.54) is 18.9 Å². The van der Waals surface area contributed by atoms with Crippen LogP contribution in [0.4, 0.5) is 0 Å². The molecule has 72 valence electrons. The Morgan fingerprint density at radius 1 is 1.54 bits per heavy atom. The average molecular weight is 201 g/mol. The standard InChI is InChI=1S/C8H11NO3S/c1-3-4-9-7(10)5-13-6-8(11)12-2/h1H,4-6H2,2H3,(H,9,10). The van der Waals surface area contributed by atoms with Gasteiger partial charge in [0.15, 0.2) is 0 Å². The summed E-state index contributed by atoms with van der Waals surface area (Å²) in [4.78, 5) is 21.5. The van der Waals surface area contributed by atoms with Crippen molar-refractivity contribution >= 4 is 23.6 Å². The van der Waals surface area contributed by atoms with Crippen molar-refractivity contribution in [2.24, 2.45) is 0 Å². The minimum Gasteiger partial charge on any atom is -0.468 e. The van der Waals surface area contributed by atoms with Crippen molar-refractivity contribution in [2.75, 3.05) is 25.2 Å². The Labute approximate surface area is 81.4 Å². The van der Waals surface area contributed by atoms with Gasteiger partial charge >= 0.3 is 5.97 Å². The van der Waals surface area contributed by atoms with Gasteiger partial charge in [-0.05, 0) is 0 Å². The monoisotopic (exact) mass is 201 g/mol. The summed E-state index contributed by atoms with van der Waals surface area (Å²) in [6, 6.07) is 0. The van der Waals surface area contributed by atoms with E-state index in [1.54, 1.807) is 0 Å². The van der Waals surface area contributed by atoms with Crippen molar-refractivity contribution in [3.8, 4) is 12.3 Å². The molecular weight excluding hydrogens is 190 g/mol. The lowest BCUT2D eigenvalue weighted by atomic mass is 10.6. The number of amides is 1. The maximum absolute atomic E-state index is 10.9. The van der Waals surface area contributed by atoms with Gasteiger partial charge < -0.3 is 10.1 Å². The Bertz CT molecular complexity index is 222. The van der Waals surface area contributed by atoms with Crippen molar-refractivity contribution in [3.63, 3.8) is 0 Å². The lowest BCUT2D eigenvalue weighted by molar-refractivity contribution is -0.137. The van der Waals surface area contributed by atoms with Gasteiger partial charge in [0.1, 0.15) is 0 Å². The molecule has 0 aliphatic carbocycles. The summed E-state index contributed by atoms with van der Waals surface area (Å²) in [5.41, 5.74) is 0. The molecule has 0 saturated heterocycles. The second-order valence-electron chi connectivity index (χ2n) is 2.05. The number of hydrogen-bond donors (Lipinski definition) is 1. The van der Waals surface area contributed by atoms with Crippen LogP contribution in [0.3, 0.4) is 0 Å². The molecular formula is C8H11NO3S. The number of carbonyl (C=O) groups excluding carboxylic acids is 2. The highest BCUT2D eigenvalue weighted by Gasteiger charge is 2.03. The van der Waals surface area contributed by atoms with Crippen LogP contribution >= 0.6 is 11.8 Å². The van der Waals surface area contributed by atoms with Crippen LogP contribution in [-0.2, 0) is 14.3 Å². The summed E-state index contributed by atoms with van der Waals surface area (Å²) in [6.45, 7) is 0.220. The highest BCUT2D eigenvalue weighted by atomic mass is 32.2. The van der Waals surface area contributed by atoms with Crippen LogP contribution in [0.1, 0.15) is 0 Å². The summed E-state index contributed by atoms with van der Waals surface area (Å²) < 4.78 is 4.39. The molecule has 0 heterocycles. The van der Waals surface area contributed by atoms with Crippen LogP contribution in [0.5, 0.6) is 0 Å². The minimum atomic E-state index is -0.338. The molecule has 0 aromatic heterocycles. The molecule has 0 unspecified atom stereocenters. The van der Waals surface area contributed by atoms with Crippen LogP contribution in [0.15, 0.2) is 0 Å². The highest BCUT2D eigenvalue weighted by molar-refractivity contribution is 8.00. The SMILES string of the molecule is C#CCNC(=O)CSCC(=O)OC. The van der Waals surface area contributed by atoms with Crippen LogP contribution in [-0.4, -0.2) is 37.0 Å². The Morgan fingerprint density at radius 3 is 2.77 bits per heavy atom. The van der Waals surface area contributed by atoms with Gasteiger partial charge in [0, 0.05) is 0 Å². The third-order valence-corrected chi connectivity index (χ3v) is 1.97. The predicted octanol–water partition coefficient (Wildman–Crippen LogP) is -0.358. The van der Waals surface area contributed by atoms with E-state index in [4.69, 9.17) is 6.42 Å². The van der Waals surface area contributed by atoms with Crippen molar-refractivity contribution in [1.82, 2.24) is 5.32 Å². The first-order valence-corrected chi connectivity index (χ1v) is 4.71. The van der Waals surface area contributed by atoms with Gasteiger partial charge in [0.05, 0.1) is 25.2 Å². The summed E-state index contributed by atoms with van der Waals surface area (Å²) in [6.07, 6.45) is 4.93. The lowest BCUT2D eigenvalue weighted by Crippen LogP contribution is -2.25. The number of ether oxygens (including phenoxy) is 1. The molecule has 0 saturated carbocycles. The van der Waals surface area contributed by atoms with E-state index in [0.29, 0.717) is 0 Å². The number of rotatable bonds is 5. The van der Waals surface area contributed by atoms with E-state index in [1.807, 2.05) is 0 Å². The molecule has 0 radical (unpaired) electrons. The molecule has 0 rings (SSSR count). The summed E-state index contributed by atoms with van der Waals surface area (Å²) in [5, 5.41) is 2.48. The molecule has 13 heavy (non-hydrogen) atoms. The van der Waals surface area contributed by atoms with Crippen molar-refractivity contribution in [3.05, 3.63) is 0 Å². The summed E-state index contributed by atoms with van der Waals surface area (Å²) in [5.74, 6) is 2.16. The molecule has 0 aromatic rings. The molecule has 0 bridgehead atoms. The van der Waals surface area contributed by atoms with Crippen molar-refractivity contribution in [1.29, 1.82) is 0 Å². The highest BCUT2D eigenvalue weighted by Crippen LogP contribution is 1.99. The second kappa shape index (κ2) is 7.50. The van der Waals surface area contributed by atoms with Crippen molar-refractivity contribution < 1.29 is 14.3 Å². The topological polar surface area (TPSA) is 55.4 Å². The largest absolute Gasteiger partial charge is 0.468 e. The molecule has 0 atom stereocenters. The molecule has 0 spiro atoms. The lowest BCUT2D eigenvalue weighted by Gasteiger charge is -2.00. The minimum absolute atomic E-state index is 0.174. The Balaban J connectivity index is 3.38. The van der Waals surface area contributed by atoms with Gasteiger partial charge in [-0.1, -0.05) is 5.92 Å². The molecule has 0 aliphatic rings. The molecule has 4 nitrogen and oxygen atoms in total. The number of esters is 1. The Morgan fingerprint density at radius 2 is 2.23 bits per heavy atom. The quantitative estimate of drug-likeness (QED) is 0.487. The van der Waals surface area contributed by atoms with Gasteiger partial charge in [-0.25, -0.2) is 0 Å². The van der Waals surface area contributed by atoms with Crippen LogP contribution in [0.2, 0.25) is 0 Å². The molecule has 1 N–H and O–H groups in total. The first-order chi connectivity index (χ1) is 6.20. The van der Waals surface area contributed by atoms with E-state index in [2.05, 4.69) is 16.0 Å². The number of thioether (sulfide) groups is 1. The fourth-order valence-electron chi connectivity index (χ4n) is 0.487. The third-order valence-electron chi connectivity index (χ3n) is 1.07. The Kier molecular flexibility index (Phi) is 6.83. The molecule has 1 amide bonds. The van der Waals surface area contributed by atoms with Gasteiger partial charge in [-0.15, -0.1) is 18.2 Å². The fourth-order valence-corrected chi connectivity index (χ4v) is 1.16. The second-order valence-corrected chi connectivity index (χ2v) is 3.04. The summed E-state index contributed by atoms with van der Waals surface area (Å²) >= 11 is 1.19. The Hall–Kier alpha value is -1.15. The molecule has 0 aliphatic heterocycles. The number of carbonyl (C=O) groups is 2. The van der Waals surface area contributed by atoms with Crippen LogP contribution in [0.25, 0.3) is 0 Å². The van der Waals surface area contributed by atoms with Gasteiger partial charge in [0.2, 0.25) is 5.91 Å². The maximum atomic E-state index is 10.9. The van der Waals surface area contributed by atoms with E-state index in [-0.39, 0.29) is 29.9 Å². The average Bonchev–Trinajstić information content (AvgIpc) is 2.14. The first kappa shape index (κ1) is 11.8. The van der Waals surface area contributed by atoms with E-state index < -0.39 is 0 Å². The molecule has 0 aromatic carbocycles. The number of hydrogen-bond acceptors (Lipinski definition) is 4. The fraction of sp³-hybridized carbons (Fsp3) is 0.500. The predicted molar refractivity (Wildman–Crippen MR) is 51.2 cm³/mol. The van der Waals surface area contributed by atoms with Gasteiger partial charge in [0.25, 0.3) is 0 Å². The van der Waals surface area contributed by atoms with E-state index in [9.17, 15) is 9.59 Å². The van der Waals surface area contributed by atoms with Crippen LogP contribution < -0.4 is 5.32 Å². The van der Waals surface area contributed by atoms with Gasteiger partial charge in [-0.2, -0.15) is 0 Å².